The Bertz CT molecular complexity index is 483. The van der Waals surface area contributed by atoms with Gasteiger partial charge in [-0.3, -0.25) is 0 Å². The van der Waals surface area contributed by atoms with Crippen LogP contribution in [0.25, 0.3) is 16.8 Å². The fourth-order valence-corrected chi connectivity index (χ4v) is 1.57. The van der Waals surface area contributed by atoms with Crippen molar-refractivity contribution in [3.8, 4) is 0 Å². The summed E-state index contributed by atoms with van der Waals surface area (Å²) < 4.78 is 0. The molecule has 0 heterocycles. The highest BCUT2D eigenvalue weighted by atomic mass is 14.6. The maximum Gasteiger partial charge on any atom is 0.0198 e. The molecule has 1 nitrogen and oxygen atoms in total. The lowest BCUT2D eigenvalue weighted by atomic mass is 10.1. The molecule has 1 heteroatoms. The predicted molar refractivity (Wildman–Crippen MR) is 66.6 cm³/mol. The summed E-state index contributed by atoms with van der Waals surface area (Å²) in [6, 6.07) is 14.9. The zero-order valence-corrected chi connectivity index (χ0v) is 8.85. The topological polar surface area (TPSA) is 26.0 Å². The predicted octanol–water partition coefficient (Wildman–Crippen LogP) is 3.20. The highest BCUT2D eigenvalue weighted by molar-refractivity contribution is 5.84. The molecule has 2 aromatic carbocycles. The van der Waals surface area contributed by atoms with E-state index in [9.17, 15) is 0 Å². The summed E-state index contributed by atoms with van der Waals surface area (Å²) in [5.74, 6) is 0. The van der Waals surface area contributed by atoms with Gasteiger partial charge in [0.15, 0.2) is 0 Å². The third-order valence-corrected chi connectivity index (χ3v) is 2.37. The maximum atomic E-state index is 5.67. The Kier molecular flexibility index (Phi) is 2.84. The molecule has 1 atom stereocenters. The van der Waals surface area contributed by atoms with E-state index in [4.69, 9.17) is 5.73 Å². The van der Waals surface area contributed by atoms with Crippen LogP contribution in [-0.4, -0.2) is 6.04 Å². The molecule has 0 saturated carbocycles. The summed E-state index contributed by atoms with van der Waals surface area (Å²) in [6.07, 6.45) is 4.07. The third kappa shape index (κ3) is 2.45. The zero-order chi connectivity index (χ0) is 10.7. The number of hydrogen-bond donors (Lipinski definition) is 1. The number of rotatable bonds is 2. The molecule has 2 aromatic rings. The normalized spacial score (nSPS) is 13.5. The Hall–Kier alpha value is -1.60. The van der Waals surface area contributed by atoms with Crippen LogP contribution in [-0.2, 0) is 0 Å². The van der Waals surface area contributed by atoms with Crippen molar-refractivity contribution in [1.29, 1.82) is 0 Å². The van der Waals surface area contributed by atoms with E-state index in [-0.39, 0.29) is 6.04 Å². The van der Waals surface area contributed by atoms with Crippen LogP contribution in [0.4, 0.5) is 0 Å². The average Bonchev–Trinajstić information content (AvgIpc) is 2.26. The van der Waals surface area contributed by atoms with Crippen molar-refractivity contribution in [2.45, 2.75) is 13.0 Å². The van der Waals surface area contributed by atoms with Crippen molar-refractivity contribution in [2.75, 3.05) is 0 Å². The molecule has 0 aliphatic carbocycles. The molecule has 0 aliphatic rings. The van der Waals surface area contributed by atoms with Crippen molar-refractivity contribution in [3.05, 3.63) is 54.1 Å². The van der Waals surface area contributed by atoms with Crippen LogP contribution < -0.4 is 5.73 Å². The lowest BCUT2D eigenvalue weighted by molar-refractivity contribution is 0.931. The van der Waals surface area contributed by atoms with Crippen LogP contribution in [0.2, 0.25) is 0 Å². The summed E-state index contributed by atoms with van der Waals surface area (Å²) in [7, 11) is 0. The second-order valence-electron chi connectivity index (χ2n) is 3.82. The largest absolute Gasteiger partial charge is 0.325 e. The van der Waals surface area contributed by atoms with Crippen LogP contribution in [0.3, 0.4) is 0 Å². The summed E-state index contributed by atoms with van der Waals surface area (Å²) in [5.41, 5.74) is 6.87. The molecule has 0 aliphatic heterocycles. The number of nitrogens with two attached hydrogens (primary N) is 1. The van der Waals surface area contributed by atoms with Gasteiger partial charge in [-0.15, -0.1) is 0 Å². The van der Waals surface area contributed by atoms with Crippen LogP contribution in [0.5, 0.6) is 0 Å². The highest BCUT2D eigenvalue weighted by Crippen LogP contribution is 2.16. The van der Waals surface area contributed by atoms with E-state index in [2.05, 4.69) is 48.5 Å². The summed E-state index contributed by atoms with van der Waals surface area (Å²) >= 11 is 0. The minimum Gasteiger partial charge on any atom is -0.325 e. The van der Waals surface area contributed by atoms with E-state index >= 15 is 0 Å². The van der Waals surface area contributed by atoms with Gasteiger partial charge in [0, 0.05) is 6.04 Å². The average molecular weight is 197 g/mol. The molecule has 0 aromatic heterocycles. The molecule has 0 amide bonds. The molecule has 0 bridgehead atoms. The van der Waals surface area contributed by atoms with Gasteiger partial charge in [-0.25, -0.2) is 0 Å². The molecule has 0 fully saturated rings. The smallest absolute Gasteiger partial charge is 0.0198 e. The second-order valence-corrected chi connectivity index (χ2v) is 3.82. The number of fused-ring (bicyclic) bond motifs is 1. The fourth-order valence-electron chi connectivity index (χ4n) is 1.57. The molecular weight excluding hydrogens is 182 g/mol. The van der Waals surface area contributed by atoms with Gasteiger partial charge in [-0.2, -0.15) is 0 Å². The lowest BCUT2D eigenvalue weighted by Crippen LogP contribution is -2.09. The Morgan fingerprint density at radius 1 is 1.07 bits per heavy atom. The van der Waals surface area contributed by atoms with Gasteiger partial charge >= 0.3 is 0 Å². The Morgan fingerprint density at radius 2 is 1.80 bits per heavy atom. The molecular formula is C14H15N. The summed E-state index contributed by atoms with van der Waals surface area (Å²) in [4.78, 5) is 0. The van der Waals surface area contributed by atoms with Gasteiger partial charge in [-0.1, -0.05) is 48.6 Å². The standard InChI is InChI=1S/C14H15N/c1-11(15)6-7-12-8-9-13-4-2-3-5-14(13)10-12/h2-11H,15H2,1H3/b7-6+. The SMILES string of the molecule is CC(N)/C=C/c1ccc2ccccc2c1. The first-order valence-electron chi connectivity index (χ1n) is 5.18. The Morgan fingerprint density at radius 3 is 2.53 bits per heavy atom. The molecule has 0 radical (unpaired) electrons. The molecule has 76 valence electrons. The van der Waals surface area contributed by atoms with E-state index in [1.807, 2.05) is 13.0 Å². The van der Waals surface area contributed by atoms with Gasteiger partial charge in [0.05, 0.1) is 0 Å². The van der Waals surface area contributed by atoms with E-state index in [1.54, 1.807) is 0 Å². The van der Waals surface area contributed by atoms with E-state index in [1.165, 1.54) is 16.3 Å². The first-order valence-corrected chi connectivity index (χ1v) is 5.18. The van der Waals surface area contributed by atoms with E-state index in [0.29, 0.717) is 0 Å². The van der Waals surface area contributed by atoms with Crippen molar-refractivity contribution >= 4 is 16.8 Å². The number of hydrogen-bond acceptors (Lipinski definition) is 1. The minimum atomic E-state index is 0.108. The molecule has 2 N–H and O–H groups in total. The quantitative estimate of drug-likeness (QED) is 0.786. The van der Waals surface area contributed by atoms with Gasteiger partial charge in [0.2, 0.25) is 0 Å². The number of benzene rings is 2. The van der Waals surface area contributed by atoms with Crippen LogP contribution in [0.15, 0.2) is 48.5 Å². The van der Waals surface area contributed by atoms with Crippen molar-refractivity contribution < 1.29 is 0 Å². The second kappa shape index (κ2) is 4.28. The van der Waals surface area contributed by atoms with Crippen LogP contribution >= 0.6 is 0 Å². The first-order chi connectivity index (χ1) is 7.25. The van der Waals surface area contributed by atoms with Crippen LogP contribution in [0, 0.1) is 0 Å². The summed E-state index contributed by atoms with van der Waals surface area (Å²) in [6.45, 7) is 1.97. The third-order valence-electron chi connectivity index (χ3n) is 2.37. The monoisotopic (exact) mass is 197 g/mol. The minimum absolute atomic E-state index is 0.108. The highest BCUT2D eigenvalue weighted by Gasteiger charge is 1.93. The van der Waals surface area contributed by atoms with Crippen LogP contribution in [0.1, 0.15) is 12.5 Å². The van der Waals surface area contributed by atoms with Gasteiger partial charge in [-0.05, 0) is 29.3 Å². The molecule has 2 rings (SSSR count). The van der Waals surface area contributed by atoms with Gasteiger partial charge in [0.25, 0.3) is 0 Å². The molecule has 1 unspecified atom stereocenters. The molecule has 15 heavy (non-hydrogen) atoms. The Labute approximate surface area is 90.2 Å². The molecule has 0 spiro atoms. The van der Waals surface area contributed by atoms with Crippen molar-refractivity contribution in [3.63, 3.8) is 0 Å². The van der Waals surface area contributed by atoms with Gasteiger partial charge < -0.3 is 5.73 Å². The van der Waals surface area contributed by atoms with E-state index < -0.39 is 0 Å². The Balaban J connectivity index is 2.39. The molecule has 0 saturated heterocycles. The zero-order valence-electron chi connectivity index (χ0n) is 8.85. The van der Waals surface area contributed by atoms with Crippen molar-refractivity contribution in [1.82, 2.24) is 0 Å². The van der Waals surface area contributed by atoms with Crippen molar-refractivity contribution in [2.24, 2.45) is 5.73 Å². The summed E-state index contributed by atoms with van der Waals surface area (Å²) in [5, 5.41) is 2.54. The first kappa shape index (κ1) is 9.94. The maximum absolute atomic E-state index is 5.67. The lowest BCUT2D eigenvalue weighted by Gasteiger charge is -2.00. The fraction of sp³-hybridized carbons (Fsp3) is 0.143. The van der Waals surface area contributed by atoms with E-state index in [0.717, 1.165) is 0 Å². The van der Waals surface area contributed by atoms with Gasteiger partial charge in [0.1, 0.15) is 0 Å².